The predicted octanol–water partition coefficient (Wildman–Crippen LogP) is 3.23. The van der Waals surface area contributed by atoms with Gasteiger partial charge in [0, 0.05) is 5.56 Å². The Kier molecular flexibility index (Phi) is 4.80. The van der Waals surface area contributed by atoms with Gasteiger partial charge in [-0.25, -0.2) is 4.98 Å². The van der Waals surface area contributed by atoms with Gasteiger partial charge in [-0.1, -0.05) is 12.1 Å². The third kappa shape index (κ3) is 3.95. The maximum absolute atomic E-state index is 12.3. The molecular formula is C19H17N5O2S. The zero-order chi connectivity index (χ0) is 18.6. The van der Waals surface area contributed by atoms with Crippen LogP contribution in [-0.2, 0) is 13.2 Å². The van der Waals surface area contributed by atoms with Crippen LogP contribution in [0.3, 0.4) is 0 Å². The van der Waals surface area contributed by atoms with Gasteiger partial charge >= 0.3 is 0 Å². The lowest BCUT2D eigenvalue weighted by Gasteiger charge is -2.07. The Hall–Kier alpha value is -3.26. The molecule has 2 aromatic carbocycles. The number of fused-ring (bicyclic) bond motifs is 1. The second kappa shape index (κ2) is 7.55. The molecule has 0 saturated heterocycles. The number of imidazole rings is 1. The molecule has 0 spiro atoms. The van der Waals surface area contributed by atoms with E-state index in [2.05, 4.69) is 24.0 Å². The highest BCUT2D eigenvalue weighted by atomic mass is 32.1. The average Bonchev–Trinajstić information content (AvgIpc) is 3.30. The zero-order valence-electron chi connectivity index (χ0n) is 14.6. The summed E-state index contributed by atoms with van der Waals surface area (Å²) in [6.07, 6.45) is 0. The number of aromatic nitrogens is 4. The molecule has 0 unspecified atom stereocenters. The minimum Gasteiger partial charge on any atom is -0.487 e. The molecule has 0 atom stereocenters. The molecule has 27 heavy (non-hydrogen) atoms. The Morgan fingerprint density at radius 3 is 2.70 bits per heavy atom. The highest BCUT2D eigenvalue weighted by Crippen LogP contribution is 2.15. The fraction of sp³-hybridized carbons (Fsp3) is 0.158. The summed E-state index contributed by atoms with van der Waals surface area (Å²) in [5.74, 6) is 1.23. The van der Waals surface area contributed by atoms with Crippen molar-refractivity contribution in [2.75, 3.05) is 0 Å². The van der Waals surface area contributed by atoms with Gasteiger partial charge in [-0.15, -0.1) is 0 Å². The number of hydrogen-bond acceptors (Lipinski definition) is 6. The number of H-pyrrole nitrogens is 1. The number of nitrogens with zero attached hydrogens (tertiary/aromatic N) is 3. The summed E-state index contributed by atoms with van der Waals surface area (Å²) in [5.41, 5.74) is 4.10. The number of aromatic amines is 1. The van der Waals surface area contributed by atoms with Crippen LogP contribution in [0.15, 0.2) is 48.5 Å². The fourth-order valence-corrected chi connectivity index (χ4v) is 3.14. The Bertz CT molecular complexity index is 1040. The van der Waals surface area contributed by atoms with Crippen molar-refractivity contribution < 1.29 is 9.53 Å². The number of nitrogens with one attached hydrogen (secondary N) is 2. The van der Waals surface area contributed by atoms with Crippen molar-refractivity contribution in [2.24, 2.45) is 0 Å². The van der Waals surface area contributed by atoms with E-state index in [1.165, 1.54) is 11.7 Å². The Balaban J connectivity index is 1.33. The summed E-state index contributed by atoms with van der Waals surface area (Å²) in [7, 11) is 0. The molecule has 0 fully saturated rings. The first kappa shape index (κ1) is 17.2. The second-order valence-corrected chi connectivity index (χ2v) is 6.52. The number of carbonyl (C=O) groups excluding carboxylic acids is 1. The van der Waals surface area contributed by atoms with Gasteiger partial charge < -0.3 is 15.0 Å². The summed E-state index contributed by atoms with van der Waals surface area (Å²) < 4.78 is 14.0. The van der Waals surface area contributed by atoms with Crippen LogP contribution in [0.1, 0.15) is 27.6 Å². The van der Waals surface area contributed by atoms with Gasteiger partial charge in [0.2, 0.25) is 0 Å². The molecule has 7 nitrogen and oxygen atoms in total. The molecule has 8 heteroatoms. The van der Waals surface area contributed by atoms with Crippen LogP contribution < -0.4 is 10.1 Å². The Labute approximate surface area is 159 Å². The third-order valence-corrected chi connectivity index (χ3v) is 4.75. The van der Waals surface area contributed by atoms with Gasteiger partial charge in [0.05, 0.1) is 35.0 Å². The summed E-state index contributed by atoms with van der Waals surface area (Å²) >= 11 is 1.17. The van der Waals surface area contributed by atoms with Crippen molar-refractivity contribution in [1.29, 1.82) is 0 Å². The van der Waals surface area contributed by atoms with Crippen LogP contribution in [0, 0.1) is 6.92 Å². The van der Waals surface area contributed by atoms with Crippen molar-refractivity contribution in [3.63, 3.8) is 0 Å². The fourth-order valence-electron chi connectivity index (χ4n) is 2.59. The molecule has 136 valence electrons. The SMILES string of the molecule is Cc1nsnc1COc1ccc(C(=O)NCc2nc3ccccc3[nH]2)cc1. The van der Waals surface area contributed by atoms with Crippen LogP contribution >= 0.6 is 11.7 Å². The quantitative estimate of drug-likeness (QED) is 0.536. The molecule has 0 aliphatic carbocycles. The molecule has 4 aromatic rings. The van der Waals surface area contributed by atoms with Gasteiger partial charge in [-0.2, -0.15) is 8.75 Å². The molecule has 4 rings (SSSR count). The van der Waals surface area contributed by atoms with Crippen molar-refractivity contribution in [2.45, 2.75) is 20.1 Å². The number of hydrogen-bond donors (Lipinski definition) is 2. The first-order chi connectivity index (χ1) is 13.2. The van der Waals surface area contributed by atoms with E-state index in [1.807, 2.05) is 31.2 Å². The van der Waals surface area contributed by atoms with Crippen LogP contribution in [0.2, 0.25) is 0 Å². The highest BCUT2D eigenvalue weighted by molar-refractivity contribution is 6.99. The van der Waals surface area contributed by atoms with Gasteiger partial charge in [-0.3, -0.25) is 4.79 Å². The normalized spacial score (nSPS) is 10.9. The van der Waals surface area contributed by atoms with Crippen LogP contribution in [0.4, 0.5) is 0 Å². The molecule has 1 amide bonds. The summed E-state index contributed by atoms with van der Waals surface area (Å²) in [4.78, 5) is 20.0. The molecule has 2 N–H and O–H groups in total. The number of benzene rings is 2. The highest BCUT2D eigenvalue weighted by Gasteiger charge is 2.09. The largest absolute Gasteiger partial charge is 0.487 e. The first-order valence-electron chi connectivity index (χ1n) is 8.42. The molecule has 0 radical (unpaired) electrons. The van der Waals surface area contributed by atoms with E-state index >= 15 is 0 Å². The van der Waals surface area contributed by atoms with Crippen molar-refractivity contribution in [3.05, 3.63) is 71.3 Å². The smallest absolute Gasteiger partial charge is 0.251 e. The first-order valence-corrected chi connectivity index (χ1v) is 9.15. The van der Waals surface area contributed by atoms with Gasteiger partial charge in [0.25, 0.3) is 5.91 Å². The zero-order valence-corrected chi connectivity index (χ0v) is 15.4. The van der Waals surface area contributed by atoms with E-state index in [0.29, 0.717) is 24.5 Å². The number of carbonyl (C=O) groups is 1. The third-order valence-electron chi connectivity index (χ3n) is 4.09. The van der Waals surface area contributed by atoms with Crippen molar-refractivity contribution in [1.82, 2.24) is 24.0 Å². The van der Waals surface area contributed by atoms with Crippen LogP contribution in [0.5, 0.6) is 5.75 Å². The van der Waals surface area contributed by atoms with Gasteiger partial charge in [-0.05, 0) is 43.3 Å². The van der Waals surface area contributed by atoms with Gasteiger partial charge in [0.15, 0.2) is 0 Å². The summed E-state index contributed by atoms with van der Waals surface area (Å²) in [6, 6.07) is 14.8. The number of ether oxygens (including phenoxy) is 1. The summed E-state index contributed by atoms with van der Waals surface area (Å²) in [5, 5.41) is 2.87. The number of amides is 1. The molecular weight excluding hydrogens is 362 g/mol. The Morgan fingerprint density at radius 2 is 1.96 bits per heavy atom. The number of aryl methyl sites for hydroxylation is 1. The average molecular weight is 379 g/mol. The van der Waals surface area contributed by atoms with Crippen LogP contribution in [-0.4, -0.2) is 24.6 Å². The molecule has 0 aliphatic rings. The maximum Gasteiger partial charge on any atom is 0.251 e. The lowest BCUT2D eigenvalue weighted by Crippen LogP contribution is -2.23. The monoisotopic (exact) mass is 379 g/mol. The molecule has 0 saturated carbocycles. The molecule has 0 bridgehead atoms. The van der Waals surface area contributed by atoms with E-state index in [-0.39, 0.29) is 5.91 Å². The Morgan fingerprint density at radius 1 is 1.15 bits per heavy atom. The number of para-hydroxylation sites is 2. The van der Waals surface area contributed by atoms with Crippen molar-refractivity contribution >= 4 is 28.7 Å². The van der Waals surface area contributed by atoms with E-state index in [9.17, 15) is 4.79 Å². The van der Waals surface area contributed by atoms with E-state index in [0.717, 1.165) is 28.2 Å². The standard InChI is InChI=1S/C19H17N5O2S/c1-12-17(24-27-23-12)11-26-14-8-6-13(7-9-14)19(25)20-10-18-21-15-4-2-3-5-16(15)22-18/h2-9H,10-11H2,1H3,(H,20,25)(H,21,22). The number of rotatable bonds is 6. The molecule has 2 heterocycles. The van der Waals surface area contributed by atoms with Crippen LogP contribution in [0.25, 0.3) is 11.0 Å². The van der Waals surface area contributed by atoms with Gasteiger partial charge in [0.1, 0.15) is 23.9 Å². The van der Waals surface area contributed by atoms with E-state index in [1.54, 1.807) is 24.3 Å². The van der Waals surface area contributed by atoms with E-state index in [4.69, 9.17) is 4.74 Å². The minimum absolute atomic E-state index is 0.165. The van der Waals surface area contributed by atoms with Crippen molar-refractivity contribution in [3.8, 4) is 5.75 Å². The minimum atomic E-state index is -0.165. The lowest BCUT2D eigenvalue weighted by atomic mass is 10.2. The maximum atomic E-state index is 12.3. The topological polar surface area (TPSA) is 92.8 Å². The second-order valence-electron chi connectivity index (χ2n) is 5.99. The predicted molar refractivity (Wildman–Crippen MR) is 103 cm³/mol. The molecule has 2 aromatic heterocycles. The summed E-state index contributed by atoms with van der Waals surface area (Å²) in [6.45, 7) is 2.60. The molecule has 0 aliphatic heterocycles. The van der Waals surface area contributed by atoms with E-state index < -0.39 is 0 Å². The lowest BCUT2D eigenvalue weighted by molar-refractivity contribution is 0.0950.